The molecule has 2 N–H and O–H groups in total. The summed E-state index contributed by atoms with van der Waals surface area (Å²) in [6, 6.07) is 0.510. The van der Waals surface area contributed by atoms with Crippen molar-refractivity contribution in [3.05, 3.63) is 0 Å². The largest absolute Gasteiger partial charge is 0.354 e. The van der Waals surface area contributed by atoms with Crippen LogP contribution in [0.15, 0.2) is 0 Å². The van der Waals surface area contributed by atoms with Crippen LogP contribution < -0.4 is 10.6 Å². The van der Waals surface area contributed by atoms with Gasteiger partial charge in [-0.1, -0.05) is 26.2 Å². The molecule has 3 nitrogen and oxygen atoms in total. The van der Waals surface area contributed by atoms with Gasteiger partial charge in [-0.3, -0.25) is 4.79 Å². The number of nitrogens with one attached hydrogen (secondary N) is 2. The number of amides is 1. The number of hydrogen-bond acceptors (Lipinski definition) is 2. The van der Waals surface area contributed by atoms with Crippen molar-refractivity contribution in [3.63, 3.8) is 0 Å². The highest BCUT2D eigenvalue weighted by molar-refractivity contribution is 5.82. The zero-order valence-electron chi connectivity index (χ0n) is 10.3. The Morgan fingerprint density at radius 2 is 2.06 bits per heavy atom. The second-order valence-corrected chi connectivity index (χ2v) is 5.62. The third-order valence-electron chi connectivity index (χ3n) is 4.18. The number of rotatable bonds is 3. The van der Waals surface area contributed by atoms with Gasteiger partial charge in [0.05, 0.1) is 0 Å². The van der Waals surface area contributed by atoms with E-state index in [4.69, 9.17) is 0 Å². The van der Waals surface area contributed by atoms with E-state index in [-0.39, 0.29) is 11.3 Å². The molecule has 0 spiro atoms. The molecular formula is C13H24N2O. The van der Waals surface area contributed by atoms with Gasteiger partial charge >= 0.3 is 0 Å². The molecule has 0 aromatic carbocycles. The van der Waals surface area contributed by atoms with Gasteiger partial charge in [0.2, 0.25) is 5.91 Å². The van der Waals surface area contributed by atoms with Crippen molar-refractivity contribution in [3.8, 4) is 0 Å². The van der Waals surface area contributed by atoms with Crippen LogP contribution in [0.1, 0.15) is 51.9 Å². The van der Waals surface area contributed by atoms with E-state index < -0.39 is 0 Å². The average Bonchev–Trinajstić information content (AvgIpc) is 2.79. The molecule has 1 saturated heterocycles. The predicted molar refractivity (Wildman–Crippen MR) is 65.2 cm³/mol. The van der Waals surface area contributed by atoms with Crippen LogP contribution >= 0.6 is 0 Å². The summed E-state index contributed by atoms with van der Waals surface area (Å²) in [5.74, 6) is 0.279. The van der Waals surface area contributed by atoms with Gasteiger partial charge < -0.3 is 10.6 Å². The lowest BCUT2D eigenvalue weighted by Gasteiger charge is -2.32. The minimum absolute atomic E-state index is 0.0865. The maximum Gasteiger partial charge on any atom is 0.225 e. The Morgan fingerprint density at radius 3 is 2.69 bits per heavy atom. The number of carbonyl (C=O) groups is 1. The number of hydrogen-bond donors (Lipinski definition) is 2. The molecule has 1 aliphatic heterocycles. The van der Waals surface area contributed by atoms with Crippen molar-refractivity contribution >= 4 is 5.91 Å². The Labute approximate surface area is 98.4 Å². The fourth-order valence-corrected chi connectivity index (χ4v) is 2.92. The summed E-state index contributed by atoms with van der Waals surface area (Å²) in [4.78, 5) is 12.1. The van der Waals surface area contributed by atoms with Crippen LogP contribution in [-0.4, -0.2) is 25.0 Å². The van der Waals surface area contributed by atoms with E-state index in [2.05, 4.69) is 17.6 Å². The average molecular weight is 224 g/mol. The fraction of sp³-hybridized carbons (Fsp3) is 0.923. The topological polar surface area (TPSA) is 41.1 Å². The standard InChI is InChI=1S/C13H24N2O/c1-13(7-3-2-4-8-13)12(16)15-10-11-6-5-9-14-11/h11,14H,2-10H2,1H3,(H,15,16). The minimum Gasteiger partial charge on any atom is -0.354 e. The molecule has 1 atom stereocenters. The van der Waals surface area contributed by atoms with Crippen molar-refractivity contribution in [2.75, 3.05) is 13.1 Å². The Hall–Kier alpha value is -0.570. The highest BCUT2D eigenvalue weighted by Gasteiger charge is 2.34. The van der Waals surface area contributed by atoms with Crippen LogP contribution in [0.3, 0.4) is 0 Å². The molecule has 2 fully saturated rings. The van der Waals surface area contributed by atoms with Gasteiger partial charge in [0.15, 0.2) is 0 Å². The molecule has 2 aliphatic rings. The minimum atomic E-state index is -0.0865. The maximum atomic E-state index is 12.1. The van der Waals surface area contributed by atoms with E-state index in [1.54, 1.807) is 0 Å². The molecule has 1 heterocycles. The molecule has 92 valence electrons. The fourth-order valence-electron chi connectivity index (χ4n) is 2.92. The van der Waals surface area contributed by atoms with Gasteiger partial charge in [-0.2, -0.15) is 0 Å². The van der Waals surface area contributed by atoms with Crippen molar-refractivity contribution < 1.29 is 4.79 Å². The lowest BCUT2D eigenvalue weighted by molar-refractivity contribution is -0.131. The zero-order chi connectivity index (χ0) is 11.4. The molecule has 0 aromatic rings. The summed E-state index contributed by atoms with van der Waals surface area (Å²) >= 11 is 0. The molecule has 1 aliphatic carbocycles. The Kier molecular flexibility index (Phi) is 3.85. The number of carbonyl (C=O) groups excluding carboxylic acids is 1. The van der Waals surface area contributed by atoms with Gasteiger partial charge in [0.25, 0.3) is 0 Å². The van der Waals surface area contributed by atoms with Gasteiger partial charge in [-0.05, 0) is 32.2 Å². The highest BCUT2D eigenvalue weighted by atomic mass is 16.2. The Bertz CT molecular complexity index is 240. The van der Waals surface area contributed by atoms with Crippen LogP contribution in [0.2, 0.25) is 0 Å². The molecule has 1 unspecified atom stereocenters. The first-order chi connectivity index (χ1) is 7.71. The van der Waals surface area contributed by atoms with E-state index in [1.807, 2.05) is 0 Å². The lowest BCUT2D eigenvalue weighted by Crippen LogP contribution is -2.44. The first-order valence-electron chi connectivity index (χ1n) is 6.72. The summed E-state index contributed by atoms with van der Waals surface area (Å²) in [5, 5.41) is 6.55. The summed E-state index contributed by atoms with van der Waals surface area (Å²) < 4.78 is 0. The van der Waals surface area contributed by atoms with Crippen LogP contribution in [0, 0.1) is 5.41 Å². The zero-order valence-corrected chi connectivity index (χ0v) is 10.3. The first kappa shape index (κ1) is 11.9. The monoisotopic (exact) mass is 224 g/mol. The molecular weight excluding hydrogens is 200 g/mol. The van der Waals surface area contributed by atoms with Crippen molar-refractivity contribution in [2.45, 2.75) is 57.9 Å². The third-order valence-corrected chi connectivity index (χ3v) is 4.18. The van der Waals surface area contributed by atoms with Gasteiger partial charge in [0.1, 0.15) is 0 Å². The molecule has 0 radical (unpaired) electrons. The molecule has 1 amide bonds. The molecule has 0 aromatic heterocycles. The summed E-state index contributed by atoms with van der Waals surface area (Å²) in [7, 11) is 0. The van der Waals surface area contributed by atoms with Crippen LogP contribution in [0.5, 0.6) is 0 Å². The van der Waals surface area contributed by atoms with Crippen molar-refractivity contribution in [1.29, 1.82) is 0 Å². The lowest BCUT2D eigenvalue weighted by atomic mass is 9.75. The summed E-state index contributed by atoms with van der Waals surface area (Å²) in [6.45, 7) is 4.05. The van der Waals surface area contributed by atoms with E-state index in [0.29, 0.717) is 6.04 Å². The Morgan fingerprint density at radius 1 is 1.31 bits per heavy atom. The maximum absolute atomic E-state index is 12.1. The molecule has 16 heavy (non-hydrogen) atoms. The van der Waals surface area contributed by atoms with Crippen LogP contribution in [0.4, 0.5) is 0 Å². The second-order valence-electron chi connectivity index (χ2n) is 5.62. The van der Waals surface area contributed by atoms with Gasteiger partial charge in [-0.25, -0.2) is 0 Å². The smallest absolute Gasteiger partial charge is 0.225 e. The third kappa shape index (κ3) is 2.76. The van der Waals surface area contributed by atoms with Gasteiger partial charge in [-0.15, -0.1) is 0 Å². The second kappa shape index (κ2) is 5.17. The van der Waals surface area contributed by atoms with Gasteiger partial charge in [0, 0.05) is 18.0 Å². The summed E-state index contributed by atoms with van der Waals surface area (Å²) in [6.07, 6.45) is 8.31. The Balaban J connectivity index is 1.77. The van der Waals surface area contributed by atoms with Crippen molar-refractivity contribution in [2.24, 2.45) is 5.41 Å². The van der Waals surface area contributed by atoms with Crippen LogP contribution in [0.25, 0.3) is 0 Å². The van der Waals surface area contributed by atoms with E-state index in [1.165, 1.54) is 32.1 Å². The quantitative estimate of drug-likeness (QED) is 0.768. The summed E-state index contributed by atoms with van der Waals surface area (Å²) in [5.41, 5.74) is -0.0865. The first-order valence-corrected chi connectivity index (χ1v) is 6.72. The van der Waals surface area contributed by atoms with Crippen LogP contribution in [-0.2, 0) is 4.79 Å². The molecule has 2 rings (SSSR count). The molecule has 1 saturated carbocycles. The highest BCUT2D eigenvalue weighted by Crippen LogP contribution is 2.35. The molecule has 0 bridgehead atoms. The van der Waals surface area contributed by atoms with E-state index >= 15 is 0 Å². The predicted octanol–water partition coefficient (Wildman–Crippen LogP) is 1.82. The van der Waals surface area contributed by atoms with Crippen molar-refractivity contribution in [1.82, 2.24) is 10.6 Å². The molecule has 3 heteroatoms. The SMILES string of the molecule is CC1(C(=O)NCC2CCCN2)CCCCC1. The van der Waals surface area contributed by atoms with E-state index in [9.17, 15) is 4.79 Å². The van der Waals surface area contributed by atoms with E-state index in [0.717, 1.165) is 25.9 Å². The normalized spacial score (nSPS) is 28.9.